The predicted octanol–water partition coefficient (Wildman–Crippen LogP) is 3.22. The molecule has 3 amide bonds. The van der Waals surface area contributed by atoms with Crippen molar-refractivity contribution >= 4 is 29.3 Å². The molecule has 2 aromatic carbocycles. The number of anilines is 2. The van der Waals surface area contributed by atoms with E-state index < -0.39 is 11.9 Å². The Kier molecular flexibility index (Phi) is 5.20. The molecule has 0 aliphatic carbocycles. The average molecular weight is 393 g/mol. The van der Waals surface area contributed by atoms with E-state index in [9.17, 15) is 19.5 Å². The van der Waals surface area contributed by atoms with Crippen LogP contribution in [-0.4, -0.2) is 47.5 Å². The fourth-order valence-electron chi connectivity index (χ4n) is 4.00. The molecule has 2 N–H and O–H groups in total. The molecule has 0 saturated carbocycles. The summed E-state index contributed by atoms with van der Waals surface area (Å²) in [6.45, 7) is 1.36. The summed E-state index contributed by atoms with van der Waals surface area (Å²) < 4.78 is 0. The molecule has 0 radical (unpaired) electrons. The minimum Gasteiger partial charge on any atom is -0.481 e. The summed E-state index contributed by atoms with van der Waals surface area (Å²) in [5.41, 5.74) is 3.11. The Morgan fingerprint density at radius 1 is 1.03 bits per heavy atom. The minimum absolute atomic E-state index is 0.102. The molecule has 7 heteroatoms. The number of rotatable bonds is 3. The van der Waals surface area contributed by atoms with Gasteiger partial charge in [0.15, 0.2) is 0 Å². The molecular weight excluding hydrogens is 370 g/mol. The lowest BCUT2D eigenvalue weighted by atomic mass is 9.99. The molecule has 4 rings (SSSR count). The number of carbonyl (C=O) groups excluding carboxylic acids is 2. The summed E-state index contributed by atoms with van der Waals surface area (Å²) >= 11 is 0. The van der Waals surface area contributed by atoms with Crippen LogP contribution in [0, 0.1) is 5.92 Å². The van der Waals surface area contributed by atoms with E-state index in [1.54, 1.807) is 29.2 Å². The molecule has 0 aromatic heterocycles. The molecule has 1 saturated heterocycles. The summed E-state index contributed by atoms with van der Waals surface area (Å²) in [6.07, 6.45) is 2.08. The van der Waals surface area contributed by atoms with Gasteiger partial charge in [-0.3, -0.25) is 9.59 Å². The van der Waals surface area contributed by atoms with Gasteiger partial charge < -0.3 is 20.2 Å². The van der Waals surface area contributed by atoms with Crippen molar-refractivity contribution in [3.63, 3.8) is 0 Å². The van der Waals surface area contributed by atoms with E-state index in [1.165, 1.54) is 4.90 Å². The average Bonchev–Trinajstić information content (AvgIpc) is 3.17. The van der Waals surface area contributed by atoms with E-state index in [0.717, 1.165) is 17.7 Å². The number of nitrogens with zero attached hydrogens (tertiary/aromatic N) is 2. The van der Waals surface area contributed by atoms with Gasteiger partial charge in [-0.15, -0.1) is 0 Å². The number of aliphatic carboxylic acids is 1. The number of carbonyl (C=O) groups is 3. The third-order valence-corrected chi connectivity index (χ3v) is 5.55. The van der Waals surface area contributed by atoms with Crippen molar-refractivity contribution in [3.05, 3.63) is 59.7 Å². The highest BCUT2D eigenvalue weighted by Gasteiger charge is 2.29. The normalized spacial score (nSPS) is 18.3. The SMILES string of the molecule is O=C(O)C1CCCN(C(=O)Nc2cccc(C(=O)N3CCc4ccccc43)c2)C1. The summed E-state index contributed by atoms with van der Waals surface area (Å²) in [4.78, 5) is 40.1. The molecule has 7 nitrogen and oxygen atoms in total. The lowest BCUT2D eigenvalue weighted by Gasteiger charge is -2.30. The molecule has 2 aromatic rings. The smallest absolute Gasteiger partial charge is 0.321 e. The Morgan fingerprint density at radius 3 is 2.69 bits per heavy atom. The van der Waals surface area contributed by atoms with Gasteiger partial charge in [-0.2, -0.15) is 0 Å². The fraction of sp³-hybridized carbons (Fsp3) is 0.318. The second kappa shape index (κ2) is 7.95. The first-order valence-corrected chi connectivity index (χ1v) is 9.81. The quantitative estimate of drug-likeness (QED) is 0.838. The van der Waals surface area contributed by atoms with Gasteiger partial charge in [0.2, 0.25) is 0 Å². The number of benzene rings is 2. The largest absolute Gasteiger partial charge is 0.481 e. The number of urea groups is 1. The van der Waals surface area contributed by atoms with E-state index in [-0.39, 0.29) is 18.5 Å². The van der Waals surface area contributed by atoms with Crippen LogP contribution in [0.5, 0.6) is 0 Å². The third kappa shape index (κ3) is 3.94. The predicted molar refractivity (Wildman–Crippen MR) is 109 cm³/mol. The molecule has 0 bridgehead atoms. The van der Waals surface area contributed by atoms with Crippen LogP contribution < -0.4 is 10.2 Å². The minimum atomic E-state index is -0.874. The van der Waals surface area contributed by atoms with Crippen molar-refractivity contribution in [2.75, 3.05) is 29.9 Å². The van der Waals surface area contributed by atoms with Crippen molar-refractivity contribution in [1.82, 2.24) is 4.90 Å². The van der Waals surface area contributed by atoms with Gasteiger partial charge in [0.1, 0.15) is 0 Å². The van der Waals surface area contributed by atoms with E-state index in [1.807, 2.05) is 24.3 Å². The van der Waals surface area contributed by atoms with Crippen LogP contribution in [0.3, 0.4) is 0 Å². The van der Waals surface area contributed by atoms with Crippen LogP contribution in [0.4, 0.5) is 16.2 Å². The van der Waals surface area contributed by atoms with E-state index >= 15 is 0 Å². The van der Waals surface area contributed by atoms with Crippen LogP contribution in [0.2, 0.25) is 0 Å². The Labute approximate surface area is 168 Å². The van der Waals surface area contributed by atoms with Crippen molar-refractivity contribution in [2.24, 2.45) is 5.92 Å². The maximum atomic E-state index is 13.0. The van der Waals surface area contributed by atoms with Gasteiger partial charge in [0.05, 0.1) is 5.92 Å². The zero-order valence-corrected chi connectivity index (χ0v) is 16.0. The van der Waals surface area contributed by atoms with Crippen molar-refractivity contribution < 1.29 is 19.5 Å². The number of piperidine rings is 1. The fourth-order valence-corrected chi connectivity index (χ4v) is 4.00. The number of hydrogen-bond donors (Lipinski definition) is 2. The molecule has 29 heavy (non-hydrogen) atoms. The highest BCUT2D eigenvalue weighted by atomic mass is 16.4. The van der Waals surface area contributed by atoms with Crippen molar-refractivity contribution in [1.29, 1.82) is 0 Å². The first-order chi connectivity index (χ1) is 14.0. The number of fused-ring (bicyclic) bond motifs is 1. The second-order valence-electron chi connectivity index (χ2n) is 7.47. The topological polar surface area (TPSA) is 90.0 Å². The zero-order chi connectivity index (χ0) is 20.4. The van der Waals surface area contributed by atoms with Gasteiger partial charge in [-0.1, -0.05) is 24.3 Å². The number of hydrogen-bond acceptors (Lipinski definition) is 3. The summed E-state index contributed by atoms with van der Waals surface area (Å²) in [5.74, 6) is -1.51. The number of carboxylic acid groups (broad SMARTS) is 1. The van der Waals surface area contributed by atoms with Crippen LogP contribution in [0.25, 0.3) is 0 Å². The molecular formula is C22H23N3O4. The number of carboxylic acids is 1. The van der Waals surface area contributed by atoms with E-state index in [4.69, 9.17) is 0 Å². The highest BCUT2D eigenvalue weighted by molar-refractivity contribution is 6.08. The molecule has 2 heterocycles. The number of amides is 3. The first-order valence-electron chi connectivity index (χ1n) is 9.81. The first kappa shape index (κ1) is 19.0. The Morgan fingerprint density at radius 2 is 1.86 bits per heavy atom. The maximum absolute atomic E-state index is 13.0. The van der Waals surface area contributed by atoms with Crippen LogP contribution >= 0.6 is 0 Å². The Hall–Kier alpha value is -3.35. The third-order valence-electron chi connectivity index (χ3n) is 5.55. The molecule has 2 aliphatic heterocycles. The second-order valence-corrected chi connectivity index (χ2v) is 7.47. The number of nitrogens with one attached hydrogen (secondary N) is 1. The molecule has 1 atom stereocenters. The summed E-state index contributed by atoms with van der Waals surface area (Å²) in [6, 6.07) is 14.4. The standard InChI is InChI=1S/C22H23N3O4/c26-20(25-12-10-15-5-1-2-9-19(15)25)16-6-3-8-18(13-16)23-22(29)24-11-4-7-17(14-24)21(27)28/h1-3,5-6,8-9,13,17H,4,7,10-12,14H2,(H,23,29)(H,27,28). The Bertz CT molecular complexity index is 959. The van der Waals surface area contributed by atoms with Gasteiger partial charge in [0, 0.05) is 36.6 Å². The monoisotopic (exact) mass is 393 g/mol. The van der Waals surface area contributed by atoms with Crippen molar-refractivity contribution in [2.45, 2.75) is 19.3 Å². The van der Waals surface area contributed by atoms with Gasteiger partial charge in [0.25, 0.3) is 5.91 Å². The molecule has 2 aliphatic rings. The number of para-hydroxylation sites is 1. The maximum Gasteiger partial charge on any atom is 0.321 e. The van der Waals surface area contributed by atoms with Crippen LogP contribution in [-0.2, 0) is 11.2 Å². The highest BCUT2D eigenvalue weighted by Crippen LogP contribution is 2.29. The van der Waals surface area contributed by atoms with Gasteiger partial charge in [-0.05, 0) is 49.1 Å². The van der Waals surface area contributed by atoms with Gasteiger partial charge in [-0.25, -0.2) is 4.79 Å². The van der Waals surface area contributed by atoms with Crippen LogP contribution in [0.1, 0.15) is 28.8 Å². The summed E-state index contributed by atoms with van der Waals surface area (Å²) in [5, 5.41) is 12.0. The lowest BCUT2D eigenvalue weighted by molar-refractivity contribution is -0.143. The van der Waals surface area contributed by atoms with Gasteiger partial charge >= 0.3 is 12.0 Å². The summed E-state index contributed by atoms with van der Waals surface area (Å²) in [7, 11) is 0. The van der Waals surface area contributed by atoms with Crippen molar-refractivity contribution in [3.8, 4) is 0 Å². The molecule has 1 fully saturated rings. The Balaban J connectivity index is 1.46. The van der Waals surface area contributed by atoms with E-state index in [2.05, 4.69) is 5.32 Å². The number of likely N-dealkylation sites (tertiary alicyclic amines) is 1. The van der Waals surface area contributed by atoms with Crippen LogP contribution in [0.15, 0.2) is 48.5 Å². The molecule has 1 unspecified atom stereocenters. The lowest BCUT2D eigenvalue weighted by Crippen LogP contribution is -2.44. The van der Waals surface area contributed by atoms with E-state index in [0.29, 0.717) is 37.2 Å². The molecule has 0 spiro atoms. The zero-order valence-electron chi connectivity index (χ0n) is 16.0. The molecule has 150 valence electrons.